The second-order valence-electron chi connectivity index (χ2n) is 4.76. The summed E-state index contributed by atoms with van der Waals surface area (Å²) in [5, 5.41) is 3.62. The Bertz CT molecular complexity index is 158. The van der Waals surface area contributed by atoms with Crippen molar-refractivity contribution in [2.75, 3.05) is 33.4 Å². The van der Waals surface area contributed by atoms with Gasteiger partial charge in [-0.15, -0.1) is 0 Å². The highest BCUT2D eigenvalue weighted by Gasteiger charge is 2.15. The Kier molecular flexibility index (Phi) is 6.22. The van der Waals surface area contributed by atoms with Crippen LogP contribution in [0.2, 0.25) is 0 Å². The first-order valence-corrected chi connectivity index (χ1v) is 6.19. The molecule has 1 rings (SSSR count). The highest BCUT2D eigenvalue weighted by atomic mass is 16.5. The van der Waals surface area contributed by atoms with E-state index >= 15 is 0 Å². The van der Waals surface area contributed by atoms with Gasteiger partial charge >= 0.3 is 0 Å². The van der Waals surface area contributed by atoms with Crippen LogP contribution >= 0.6 is 0 Å². The molecule has 2 unspecified atom stereocenters. The number of nitrogens with zero attached hydrogens (tertiary/aromatic N) is 1. The maximum absolute atomic E-state index is 5.08. The number of hydrogen-bond acceptors (Lipinski definition) is 3. The topological polar surface area (TPSA) is 24.5 Å². The molecule has 1 aliphatic rings. The van der Waals surface area contributed by atoms with Crippen molar-refractivity contribution in [3.05, 3.63) is 0 Å². The average Bonchev–Trinajstić information content (AvgIpc) is 2.67. The van der Waals surface area contributed by atoms with Gasteiger partial charge in [0.2, 0.25) is 0 Å². The van der Waals surface area contributed by atoms with Crippen LogP contribution in [0.5, 0.6) is 0 Å². The third-order valence-electron chi connectivity index (χ3n) is 3.05. The van der Waals surface area contributed by atoms with E-state index in [-0.39, 0.29) is 0 Å². The molecule has 0 aromatic rings. The molecule has 0 amide bonds. The Morgan fingerprint density at radius 3 is 2.47 bits per heavy atom. The minimum atomic E-state index is 0.558. The van der Waals surface area contributed by atoms with Crippen molar-refractivity contribution in [3.63, 3.8) is 0 Å². The summed E-state index contributed by atoms with van der Waals surface area (Å²) in [6.45, 7) is 9.14. The van der Waals surface area contributed by atoms with Crippen LogP contribution in [-0.2, 0) is 4.74 Å². The van der Waals surface area contributed by atoms with Crippen LogP contribution in [0.25, 0.3) is 0 Å². The molecule has 3 nitrogen and oxygen atoms in total. The minimum absolute atomic E-state index is 0.558. The van der Waals surface area contributed by atoms with E-state index in [1.165, 1.54) is 32.5 Å². The lowest BCUT2D eigenvalue weighted by atomic mass is 10.2. The van der Waals surface area contributed by atoms with Gasteiger partial charge in [-0.25, -0.2) is 0 Å². The first-order chi connectivity index (χ1) is 7.22. The maximum Gasteiger partial charge on any atom is 0.0476 e. The van der Waals surface area contributed by atoms with Gasteiger partial charge < -0.3 is 15.0 Å². The number of methoxy groups -OCH3 is 1. The number of rotatable bonds is 7. The quantitative estimate of drug-likeness (QED) is 0.695. The molecule has 0 spiro atoms. The molecule has 0 aliphatic carbocycles. The SMILES string of the molecule is COCCC(C)NC(C)CN1CCCC1. The van der Waals surface area contributed by atoms with E-state index in [0.29, 0.717) is 12.1 Å². The molecule has 2 atom stereocenters. The summed E-state index contributed by atoms with van der Waals surface area (Å²) in [6, 6.07) is 1.15. The molecule has 0 aromatic heterocycles. The summed E-state index contributed by atoms with van der Waals surface area (Å²) in [7, 11) is 1.76. The van der Waals surface area contributed by atoms with Gasteiger partial charge in [0, 0.05) is 32.3 Å². The van der Waals surface area contributed by atoms with Gasteiger partial charge in [-0.3, -0.25) is 0 Å². The highest BCUT2D eigenvalue weighted by molar-refractivity contribution is 4.74. The van der Waals surface area contributed by atoms with Gasteiger partial charge in [0.05, 0.1) is 0 Å². The van der Waals surface area contributed by atoms with Crippen LogP contribution in [-0.4, -0.2) is 50.3 Å². The predicted molar refractivity (Wildman–Crippen MR) is 64.2 cm³/mol. The van der Waals surface area contributed by atoms with Gasteiger partial charge in [0.15, 0.2) is 0 Å². The molecule has 1 saturated heterocycles. The lowest BCUT2D eigenvalue weighted by molar-refractivity contribution is 0.180. The predicted octanol–water partition coefficient (Wildman–Crippen LogP) is 1.49. The van der Waals surface area contributed by atoms with E-state index in [4.69, 9.17) is 4.74 Å². The van der Waals surface area contributed by atoms with Crippen molar-refractivity contribution in [1.29, 1.82) is 0 Å². The van der Waals surface area contributed by atoms with Crippen molar-refractivity contribution < 1.29 is 4.74 Å². The minimum Gasteiger partial charge on any atom is -0.385 e. The van der Waals surface area contributed by atoms with Crippen LogP contribution < -0.4 is 5.32 Å². The zero-order chi connectivity index (χ0) is 11.1. The van der Waals surface area contributed by atoms with Gasteiger partial charge in [-0.05, 0) is 46.2 Å². The molecule has 1 N–H and O–H groups in total. The smallest absolute Gasteiger partial charge is 0.0476 e. The lowest BCUT2D eigenvalue weighted by Gasteiger charge is -2.24. The van der Waals surface area contributed by atoms with Gasteiger partial charge in [-0.1, -0.05) is 0 Å². The Morgan fingerprint density at radius 2 is 1.87 bits per heavy atom. The van der Waals surface area contributed by atoms with Crippen LogP contribution in [0.3, 0.4) is 0 Å². The molecule has 15 heavy (non-hydrogen) atoms. The van der Waals surface area contributed by atoms with Crippen LogP contribution in [0.4, 0.5) is 0 Å². The second-order valence-corrected chi connectivity index (χ2v) is 4.76. The Balaban J connectivity index is 2.08. The fourth-order valence-corrected chi connectivity index (χ4v) is 2.27. The zero-order valence-corrected chi connectivity index (χ0v) is 10.5. The highest BCUT2D eigenvalue weighted by Crippen LogP contribution is 2.07. The van der Waals surface area contributed by atoms with E-state index in [9.17, 15) is 0 Å². The molecule has 90 valence electrons. The van der Waals surface area contributed by atoms with Crippen LogP contribution in [0, 0.1) is 0 Å². The van der Waals surface area contributed by atoms with Crippen LogP contribution in [0.1, 0.15) is 33.1 Å². The first-order valence-electron chi connectivity index (χ1n) is 6.19. The molecule has 1 aliphatic heterocycles. The normalized spacial score (nSPS) is 21.8. The second kappa shape index (κ2) is 7.20. The monoisotopic (exact) mass is 214 g/mol. The average molecular weight is 214 g/mol. The molecular weight excluding hydrogens is 188 g/mol. The molecule has 1 fully saturated rings. The zero-order valence-electron chi connectivity index (χ0n) is 10.5. The van der Waals surface area contributed by atoms with E-state index in [1.54, 1.807) is 7.11 Å². The summed E-state index contributed by atoms with van der Waals surface area (Å²) in [6.07, 6.45) is 3.86. The van der Waals surface area contributed by atoms with Gasteiger partial charge in [-0.2, -0.15) is 0 Å². The summed E-state index contributed by atoms with van der Waals surface area (Å²) in [4.78, 5) is 2.56. The molecule has 0 saturated carbocycles. The molecule has 0 bridgehead atoms. The van der Waals surface area contributed by atoms with Crippen LogP contribution in [0.15, 0.2) is 0 Å². The van der Waals surface area contributed by atoms with Gasteiger partial charge in [0.25, 0.3) is 0 Å². The van der Waals surface area contributed by atoms with Crippen molar-refractivity contribution >= 4 is 0 Å². The van der Waals surface area contributed by atoms with E-state index in [2.05, 4.69) is 24.1 Å². The summed E-state index contributed by atoms with van der Waals surface area (Å²) >= 11 is 0. The fourth-order valence-electron chi connectivity index (χ4n) is 2.27. The molecule has 0 aromatic carbocycles. The lowest BCUT2D eigenvalue weighted by Crippen LogP contribution is -2.42. The summed E-state index contributed by atoms with van der Waals surface area (Å²) in [5.41, 5.74) is 0. The number of ether oxygens (including phenoxy) is 1. The Hall–Kier alpha value is -0.120. The fraction of sp³-hybridized carbons (Fsp3) is 1.00. The number of hydrogen-bond donors (Lipinski definition) is 1. The van der Waals surface area contributed by atoms with E-state index in [0.717, 1.165) is 13.0 Å². The van der Waals surface area contributed by atoms with Crippen molar-refractivity contribution in [2.45, 2.75) is 45.2 Å². The van der Waals surface area contributed by atoms with Crippen molar-refractivity contribution in [3.8, 4) is 0 Å². The third kappa shape index (κ3) is 5.50. The Morgan fingerprint density at radius 1 is 1.20 bits per heavy atom. The summed E-state index contributed by atoms with van der Waals surface area (Å²) < 4.78 is 5.08. The van der Waals surface area contributed by atoms with Gasteiger partial charge in [0.1, 0.15) is 0 Å². The number of likely N-dealkylation sites (tertiary alicyclic amines) is 1. The largest absolute Gasteiger partial charge is 0.385 e. The first kappa shape index (κ1) is 12.9. The molecule has 1 heterocycles. The number of nitrogens with one attached hydrogen (secondary N) is 1. The maximum atomic E-state index is 5.08. The molecule has 0 radical (unpaired) electrons. The summed E-state index contributed by atoms with van der Waals surface area (Å²) in [5.74, 6) is 0. The Labute approximate surface area is 94.2 Å². The third-order valence-corrected chi connectivity index (χ3v) is 3.05. The molecule has 3 heteroatoms. The van der Waals surface area contributed by atoms with E-state index in [1.807, 2.05) is 0 Å². The van der Waals surface area contributed by atoms with E-state index < -0.39 is 0 Å². The standard InChI is InChI=1S/C12H26N2O/c1-11(6-9-15-3)13-12(2)10-14-7-4-5-8-14/h11-13H,4-10H2,1-3H3. The van der Waals surface area contributed by atoms with Crippen molar-refractivity contribution in [2.24, 2.45) is 0 Å². The molecular formula is C12H26N2O. The van der Waals surface area contributed by atoms with Crippen molar-refractivity contribution in [1.82, 2.24) is 10.2 Å².